The number of aryl methyl sites for hydroxylation is 1. The Labute approximate surface area is 113 Å². The van der Waals surface area contributed by atoms with Crippen molar-refractivity contribution >= 4 is 39.2 Å². The van der Waals surface area contributed by atoms with Crippen molar-refractivity contribution in [1.29, 1.82) is 0 Å². The molecule has 2 aromatic heterocycles. The van der Waals surface area contributed by atoms with Crippen molar-refractivity contribution in [3.8, 4) is 0 Å². The van der Waals surface area contributed by atoms with E-state index < -0.39 is 6.09 Å². The minimum atomic E-state index is -1.01. The molecule has 0 bridgehead atoms. The summed E-state index contributed by atoms with van der Waals surface area (Å²) in [7, 11) is 0. The molecule has 0 unspecified atom stereocenters. The Bertz CT molecular complexity index is 599. The van der Waals surface area contributed by atoms with Gasteiger partial charge in [0.05, 0.1) is 15.9 Å². The topological polar surface area (TPSA) is 75.1 Å². The van der Waals surface area contributed by atoms with Crippen LogP contribution in [0.2, 0.25) is 5.02 Å². The number of amides is 1. The number of nitrogens with zero attached hydrogens (tertiary/aromatic N) is 2. The molecule has 2 heterocycles. The minimum Gasteiger partial charge on any atom is -0.465 e. The zero-order valence-electron chi connectivity index (χ0n) is 9.90. The lowest BCUT2D eigenvalue weighted by atomic mass is 10.1. The van der Waals surface area contributed by atoms with Gasteiger partial charge in [-0.15, -0.1) is 16.4 Å². The SMILES string of the molecule is Cc1c(C[C@H](C)NC(=O)O)sc2c(Cl)cnnc12. The Hall–Kier alpha value is -1.40. The molecule has 0 radical (unpaired) electrons. The number of carboxylic acid groups (broad SMARTS) is 1. The molecule has 7 heteroatoms. The van der Waals surface area contributed by atoms with E-state index in [4.69, 9.17) is 16.7 Å². The first-order valence-corrected chi connectivity index (χ1v) is 6.57. The zero-order chi connectivity index (χ0) is 13.3. The smallest absolute Gasteiger partial charge is 0.404 e. The van der Waals surface area contributed by atoms with Gasteiger partial charge in [0.1, 0.15) is 5.52 Å². The van der Waals surface area contributed by atoms with Gasteiger partial charge in [0.25, 0.3) is 0 Å². The van der Waals surface area contributed by atoms with Crippen molar-refractivity contribution in [2.45, 2.75) is 26.3 Å². The van der Waals surface area contributed by atoms with E-state index in [0.717, 1.165) is 20.7 Å². The van der Waals surface area contributed by atoms with E-state index in [1.54, 1.807) is 0 Å². The lowest BCUT2D eigenvalue weighted by Gasteiger charge is -2.10. The Balaban J connectivity index is 2.32. The fraction of sp³-hybridized carbons (Fsp3) is 0.364. The van der Waals surface area contributed by atoms with E-state index in [0.29, 0.717) is 11.4 Å². The van der Waals surface area contributed by atoms with Crippen molar-refractivity contribution in [2.75, 3.05) is 0 Å². The third-order valence-corrected chi connectivity index (χ3v) is 4.36. The van der Waals surface area contributed by atoms with Crippen molar-refractivity contribution in [3.05, 3.63) is 21.7 Å². The van der Waals surface area contributed by atoms with E-state index in [1.807, 2.05) is 13.8 Å². The van der Waals surface area contributed by atoms with Crippen LogP contribution in [0.15, 0.2) is 6.20 Å². The van der Waals surface area contributed by atoms with Crippen LogP contribution in [0.4, 0.5) is 4.79 Å². The normalized spacial score (nSPS) is 12.6. The highest BCUT2D eigenvalue weighted by Gasteiger charge is 2.15. The van der Waals surface area contributed by atoms with Gasteiger partial charge in [0.2, 0.25) is 0 Å². The predicted octanol–water partition coefficient (Wildman–Crippen LogP) is 2.85. The third-order valence-electron chi connectivity index (χ3n) is 2.62. The van der Waals surface area contributed by atoms with Gasteiger partial charge in [-0.05, 0) is 19.4 Å². The number of rotatable bonds is 3. The molecule has 2 aromatic rings. The molecular formula is C11H12ClN3O2S. The van der Waals surface area contributed by atoms with Crippen molar-refractivity contribution in [2.24, 2.45) is 0 Å². The zero-order valence-corrected chi connectivity index (χ0v) is 11.5. The molecule has 5 nitrogen and oxygen atoms in total. The number of carbonyl (C=O) groups is 1. The second kappa shape index (κ2) is 5.07. The van der Waals surface area contributed by atoms with Gasteiger partial charge in [-0.25, -0.2) is 4.79 Å². The molecule has 0 fully saturated rings. The summed E-state index contributed by atoms with van der Waals surface area (Å²) in [6, 6.07) is -0.152. The van der Waals surface area contributed by atoms with Gasteiger partial charge < -0.3 is 10.4 Å². The summed E-state index contributed by atoms with van der Waals surface area (Å²) in [5.74, 6) is 0. The molecule has 2 rings (SSSR count). The average Bonchev–Trinajstić information content (AvgIpc) is 2.57. The lowest BCUT2D eigenvalue weighted by Crippen LogP contribution is -2.32. The molecule has 0 aliphatic heterocycles. The number of halogens is 1. The summed E-state index contributed by atoms with van der Waals surface area (Å²) >= 11 is 7.60. The average molecular weight is 286 g/mol. The molecule has 1 atom stereocenters. The van der Waals surface area contributed by atoms with Crippen LogP contribution in [0.3, 0.4) is 0 Å². The maximum atomic E-state index is 10.6. The van der Waals surface area contributed by atoms with Crippen LogP contribution in [0.5, 0.6) is 0 Å². The van der Waals surface area contributed by atoms with E-state index in [1.165, 1.54) is 17.5 Å². The van der Waals surface area contributed by atoms with Crippen LogP contribution in [-0.2, 0) is 6.42 Å². The van der Waals surface area contributed by atoms with Crippen molar-refractivity contribution in [1.82, 2.24) is 15.5 Å². The Morgan fingerprint density at radius 3 is 3.00 bits per heavy atom. The minimum absolute atomic E-state index is 0.152. The van der Waals surface area contributed by atoms with E-state index >= 15 is 0 Å². The summed E-state index contributed by atoms with van der Waals surface area (Å²) in [5, 5.41) is 19.6. The van der Waals surface area contributed by atoms with Gasteiger partial charge in [0, 0.05) is 17.3 Å². The molecule has 96 valence electrons. The van der Waals surface area contributed by atoms with Crippen LogP contribution in [0.1, 0.15) is 17.4 Å². The Morgan fingerprint density at radius 2 is 2.39 bits per heavy atom. The number of nitrogens with one attached hydrogen (secondary N) is 1. The molecule has 0 aliphatic rings. The molecule has 0 aromatic carbocycles. The Kier molecular flexibility index (Phi) is 3.68. The summed E-state index contributed by atoms with van der Waals surface area (Å²) in [6.45, 7) is 3.78. The molecule has 1 amide bonds. The summed E-state index contributed by atoms with van der Waals surface area (Å²) in [5.41, 5.74) is 1.81. The molecular weight excluding hydrogens is 274 g/mol. The highest BCUT2D eigenvalue weighted by Crippen LogP contribution is 2.34. The second-order valence-electron chi connectivity index (χ2n) is 4.08. The van der Waals surface area contributed by atoms with E-state index in [2.05, 4.69) is 15.5 Å². The number of aromatic nitrogens is 2. The first kappa shape index (κ1) is 13.0. The van der Waals surface area contributed by atoms with Crippen LogP contribution in [0.25, 0.3) is 10.2 Å². The van der Waals surface area contributed by atoms with Crippen molar-refractivity contribution < 1.29 is 9.90 Å². The standard InChI is InChI=1S/C11H12ClN3O2S/c1-5(14-11(16)17)3-8-6(2)9-10(18-8)7(12)4-13-15-9/h4-5,14H,3H2,1-2H3,(H,16,17)/t5-/m0/s1. The molecule has 0 saturated carbocycles. The number of fused-ring (bicyclic) bond motifs is 1. The van der Waals surface area contributed by atoms with Gasteiger partial charge in [-0.3, -0.25) is 0 Å². The summed E-state index contributed by atoms with van der Waals surface area (Å²) < 4.78 is 0.904. The number of thiophene rings is 1. The predicted molar refractivity (Wildman–Crippen MR) is 71.5 cm³/mol. The second-order valence-corrected chi connectivity index (χ2v) is 5.59. The first-order valence-electron chi connectivity index (χ1n) is 5.37. The monoisotopic (exact) mass is 285 g/mol. The first-order chi connectivity index (χ1) is 8.49. The van der Waals surface area contributed by atoms with Crippen LogP contribution in [0, 0.1) is 6.92 Å². The quantitative estimate of drug-likeness (QED) is 0.909. The van der Waals surface area contributed by atoms with Gasteiger partial charge in [-0.2, -0.15) is 5.10 Å². The van der Waals surface area contributed by atoms with Crippen LogP contribution >= 0.6 is 22.9 Å². The van der Waals surface area contributed by atoms with Gasteiger partial charge >= 0.3 is 6.09 Å². The molecule has 2 N–H and O–H groups in total. The molecule has 0 saturated heterocycles. The fourth-order valence-electron chi connectivity index (χ4n) is 1.76. The largest absolute Gasteiger partial charge is 0.465 e. The highest BCUT2D eigenvalue weighted by molar-refractivity contribution is 7.19. The number of hydrogen-bond donors (Lipinski definition) is 2. The Morgan fingerprint density at radius 1 is 1.67 bits per heavy atom. The molecule has 0 spiro atoms. The fourth-order valence-corrected chi connectivity index (χ4v) is 3.28. The summed E-state index contributed by atoms with van der Waals surface area (Å²) in [6.07, 6.45) is 1.12. The van der Waals surface area contributed by atoms with Crippen LogP contribution in [-0.4, -0.2) is 27.4 Å². The highest BCUT2D eigenvalue weighted by atomic mass is 35.5. The molecule has 0 aliphatic carbocycles. The van der Waals surface area contributed by atoms with Gasteiger partial charge in [-0.1, -0.05) is 11.6 Å². The van der Waals surface area contributed by atoms with E-state index in [9.17, 15) is 4.79 Å². The lowest BCUT2D eigenvalue weighted by molar-refractivity contribution is 0.191. The van der Waals surface area contributed by atoms with Crippen LogP contribution < -0.4 is 5.32 Å². The molecule has 18 heavy (non-hydrogen) atoms. The summed E-state index contributed by atoms with van der Waals surface area (Å²) in [4.78, 5) is 11.6. The van der Waals surface area contributed by atoms with E-state index in [-0.39, 0.29) is 6.04 Å². The third kappa shape index (κ3) is 2.54. The number of hydrogen-bond acceptors (Lipinski definition) is 4. The maximum absolute atomic E-state index is 10.6. The van der Waals surface area contributed by atoms with Crippen molar-refractivity contribution in [3.63, 3.8) is 0 Å². The van der Waals surface area contributed by atoms with Gasteiger partial charge in [0.15, 0.2) is 0 Å². The maximum Gasteiger partial charge on any atom is 0.404 e.